The minimum Gasteiger partial charge on any atom is -0.380 e. The molecule has 15 heavy (non-hydrogen) atoms. The minimum atomic E-state index is 0.0403. The van der Waals surface area contributed by atoms with E-state index in [0.29, 0.717) is 13.2 Å². The Morgan fingerprint density at radius 3 is 2.67 bits per heavy atom. The highest BCUT2D eigenvalue weighted by Gasteiger charge is 2.01. The molecule has 0 heterocycles. The number of unbranched alkanes of at least 4 members (excludes halogenated alkanes) is 1. The molecule has 0 radical (unpaired) electrons. The van der Waals surface area contributed by atoms with E-state index in [1.807, 2.05) is 13.8 Å². The first-order chi connectivity index (χ1) is 7.16. The highest BCUT2D eigenvalue weighted by molar-refractivity contribution is 5.78. The van der Waals surface area contributed by atoms with Gasteiger partial charge in [0.25, 0.3) is 0 Å². The average Bonchev–Trinajstić information content (AvgIpc) is 2.15. The van der Waals surface area contributed by atoms with E-state index in [-0.39, 0.29) is 11.9 Å². The van der Waals surface area contributed by atoms with Gasteiger partial charge in [0.2, 0.25) is 5.91 Å². The summed E-state index contributed by atoms with van der Waals surface area (Å²) in [6.45, 7) is 8.63. The average molecular weight is 216 g/mol. The van der Waals surface area contributed by atoms with Crippen molar-refractivity contribution in [2.45, 2.75) is 39.7 Å². The van der Waals surface area contributed by atoms with Gasteiger partial charge in [0.1, 0.15) is 0 Å². The van der Waals surface area contributed by atoms with Crippen molar-refractivity contribution in [3.05, 3.63) is 0 Å². The molecular weight excluding hydrogens is 192 g/mol. The molecule has 1 amide bonds. The van der Waals surface area contributed by atoms with Crippen LogP contribution >= 0.6 is 0 Å². The van der Waals surface area contributed by atoms with Crippen LogP contribution in [0.3, 0.4) is 0 Å². The molecule has 0 aromatic carbocycles. The predicted octanol–water partition coefficient (Wildman–Crippen LogP) is 0.917. The molecule has 0 saturated heterocycles. The van der Waals surface area contributed by atoms with Crippen LogP contribution in [0, 0.1) is 0 Å². The number of hydrogen-bond donors (Lipinski definition) is 2. The molecular formula is C11H24N2O2. The lowest BCUT2D eigenvalue weighted by Crippen LogP contribution is -2.38. The third-order valence-corrected chi connectivity index (χ3v) is 1.80. The van der Waals surface area contributed by atoms with Gasteiger partial charge in [-0.15, -0.1) is 0 Å². The van der Waals surface area contributed by atoms with Crippen molar-refractivity contribution >= 4 is 5.91 Å². The first-order valence-corrected chi connectivity index (χ1v) is 5.74. The van der Waals surface area contributed by atoms with Crippen LogP contribution in [0.2, 0.25) is 0 Å². The number of rotatable bonds is 9. The Balaban J connectivity index is 3.13. The predicted molar refractivity (Wildman–Crippen MR) is 61.9 cm³/mol. The van der Waals surface area contributed by atoms with Gasteiger partial charge >= 0.3 is 0 Å². The zero-order valence-electron chi connectivity index (χ0n) is 10.1. The van der Waals surface area contributed by atoms with E-state index in [1.54, 1.807) is 0 Å². The van der Waals surface area contributed by atoms with Crippen LogP contribution in [0.5, 0.6) is 0 Å². The van der Waals surface area contributed by atoms with Crippen molar-refractivity contribution in [3.63, 3.8) is 0 Å². The fraction of sp³-hybridized carbons (Fsp3) is 0.909. The largest absolute Gasteiger partial charge is 0.380 e. The number of hydrogen-bond acceptors (Lipinski definition) is 3. The van der Waals surface area contributed by atoms with Gasteiger partial charge in [-0.2, -0.15) is 0 Å². The quantitative estimate of drug-likeness (QED) is 0.563. The molecule has 0 atom stereocenters. The number of amides is 1. The van der Waals surface area contributed by atoms with Crippen LogP contribution in [0.4, 0.5) is 0 Å². The molecule has 4 nitrogen and oxygen atoms in total. The third-order valence-electron chi connectivity index (χ3n) is 1.80. The third kappa shape index (κ3) is 11.3. The smallest absolute Gasteiger partial charge is 0.234 e. The maximum absolute atomic E-state index is 11.2. The van der Waals surface area contributed by atoms with E-state index < -0.39 is 0 Å². The Kier molecular flexibility index (Phi) is 9.52. The van der Waals surface area contributed by atoms with Gasteiger partial charge < -0.3 is 15.4 Å². The van der Waals surface area contributed by atoms with Crippen molar-refractivity contribution in [2.75, 3.05) is 26.3 Å². The van der Waals surface area contributed by atoms with E-state index in [9.17, 15) is 4.79 Å². The Labute approximate surface area is 92.8 Å². The summed E-state index contributed by atoms with van der Waals surface area (Å²) in [6.07, 6.45) is 2.26. The molecule has 0 saturated carbocycles. The van der Waals surface area contributed by atoms with Gasteiger partial charge in [-0.05, 0) is 20.3 Å². The molecule has 0 bridgehead atoms. The van der Waals surface area contributed by atoms with Crippen molar-refractivity contribution in [1.29, 1.82) is 0 Å². The van der Waals surface area contributed by atoms with Gasteiger partial charge in [0.05, 0.1) is 13.2 Å². The standard InChI is InChI=1S/C11H24N2O2/c1-4-5-7-15-8-6-12-9-11(14)13-10(2)3/h10,12H,4-9H2,1-3H3,(H,13,14). The van der Waals surface area contributed by atoms with Crippen LogP contribution in [0.1, 0.15) is 33.6 Å². The van der Waals surface area contributed by atoms with E-state index in [0.717, 1.165) is 26.0 Å². The fourth-order valence-electron chi connectivity index (χ4n) is 1.07. The zero-order valence-corrected chi connectivity index (χ0v) is 10.1. The molecule has 2 N–H and O–H groups in total. The Morgan fingerprint density at radius 1 is 1.33 bits per heavy atom. The molecule has 0 aliphatic carbocycles. The first kappa shape index (κ1) is 14.4. The van der Waals surface area contributed by atoms with Crippen molar-refractivity contribution in [3.8, 4) is 0 Å². The van der Waals surface area contributed by atoms with Gasteiger partial charge in [0, 0.05) is 19.2 Å². The van der Waals surface area contributed by atoms with Crippen LogP contribution in [-0.2, 0) is 9.53 Å². The first-order valence-electron chi connectivity index (χ1n) is 5.74. The van der Waals surface area contributed by atoms with Gasteiger partial charge in [-0.1, -0.05) is 13.3 Å². The molecule has 0 aliphatic heterocycles. The monoisotopic (exact) mass is 216 g/mol. The van der Waals surface area contributed by atoms with Crippen LogP contribution in [0.25, 0.3) is 0 Å². The van der Waals surface area contributed by atoms with E-state index in [4.69, 9.17) is 4.74 Å². The topological polar surface area (TPSA) is 50.4 Å². The van der Waals surface area contributed by atoms with Gasteiger partial charge in [0.15, 0.2) is 0 Å². The summed E-state index contributed by atoms with van der Waals surface area (Å²) in [4.78, 5) is 11.2. The van der Waals surface area contributed by atoms with Crippen LogP contribution < -0.4 is 10.6 Å². The maximum atomic E-state index is 11.2. The zero-order chi connectivity index (χ0) is 11.5. The highest BCUT2D eigenvalue weighted by Crippen LogP contribution is 1.86. The van der Waals surface area contributed by atoms with Crippen molar-refractivity contribution in [1.82, 2.24) is 10.6 Å². The van der Waals surface area contributed by atoms with Crippen LogP contribution in [-0.4, -0.2) is 38.3 Å². The summed E-state index contributed by atoms with van der Waals surface area (Å²) < 4.78 is 5.34. The molecule has 0 aliphatic rings. The fourth-order valence-corrected chi connectivity index (χ4v) is 1.07. The second-order valence-electron chi connectivity index (χ2n) is 3.86. The SMILES string of the molecule is CCCCOCCNCC(=O)NC(C)C. The minimum absolute atomic E-state index is 0.0403. The number of carbonyl (C=O) groups excluding carboxylic acids is 1. The normalized spacial score (nSPS) is 10.7. The second-order valence-corrected chi connectivity index (χ2v) is 3.86. The van der Waals surface area contributed by atoms with E-state index in [2.05, 4.69) is 17.6 Å². The van der Waals surface area contributed by atoms with Crippen LogP contribution in [0.15, 0.2) is 0 Å². The number of nitrogens with one attached hydrogen (secondary N) is 2. The summed E-state index contributed by atoms with van der Waals surface area (Å²) >= 11 is 0. The van der Waals surface area contributed by atoms with Crippen molar-refractivity contribution < 1.29 is 9.53 Å². The molecule has 4 heteroatoms. The molecule has 0 fully saturated rings. The maximum Gasteiger partial charge on any atom is 0.234 e. The summed E-state index contributed by atoms with van der Waals surface area (Å²) in [5.74, 6) is 0.0403. The lowest BCUT2D eigenvalue weighted by molar-refractivity contribution is -0.120. The summed E-state index contributed by atoms with van der Waals surface area (Å²) in [5.41, 5.74) is 0. The van der Waals surface area contributed by atoms with Gasteiger partial charge in [-0.3, -0.25) is 4.79 Å². The Hall–Kier alpha value is -0.610. The number of carbonyl (C=O) groups is 1. The van der Waals surface area contributed by atoms with Gasteiger partial charge in [-0.25, -0.2) is 0 Å². The summed E-state index contributed by atoms with van der Waals surface area (Å²) in [5, 5.41) is 5.84. The molecule has 0 spiro atoms. The summed E-state index contributed by atoms with van der Waals surface area (Å²) in [6, 6.07) is 0.208. The lowest BCUT2D eigenvalue weighted by Gasteiger charge is -2.09. The molecule has 0 aromatic heterocycles. The molecule has 0 unspecified atom stereocenters. The Bertz CT molecular complexity index is 161. The summed E-state index contributed by atoms with van der Waals surface area (Å²) in [7, 11) is 0. The van der Waals surface area contributed by atoms with E-state index in [1.165, 1.54) is 0 Å². The molecule has 90 valence electrons. The van der Waals surface area contributed by atoms with Crippen molar-refractivity contribution in [2.24, 2.45) is 0 Å². The lowest BCUT2D eigenvalue weighted by atomic mass is 10.4. The highest BCUT2D eigenvalue weighted by atomic mass is 16.5. The number of ether oxygens (including phenoxy) is 1. The van der Waals surface area contributed by atoms with E-state index >= 15 is 0 Å². The Morgan fingerprint density at radius 2 is 2.07 bits per heavy atom. The molecule has 0 rings (SSSR count). The molecule has 0 aromatic rings. The second kappa shape index (κ2) is 9.93.